The van der Waals surface area contributed by atoms with Crippen LogP contribution in [-0.2, 0) is 18.4 Å². The third kappa shape index (κ3) is 4.79. The molecule has 84 valence electrons. The monoisotopic (exact) mass is 230 g/mol. The first kappa shape index (κ1) is 13.7. The zero-order chi connectivity index (χ0) is 11.2. The molecule has 0 aliphatic heterocycles. The van der Waals surface area contributed by atoms with Crippen LogP contribution < -0.4 is 0 Å². The molecule has 0 aromatic rings. The summed E-state index contributed by atoms with van der Waals surface area (Å²) in [5, 5.41) is 0. The van der Waals surface area contributed by atoms with E-state index in [1.807, 2.05) is 0 Å². The summed E-state index contributed by atoms with van der Waals surface area (Å²) >= 11 is 0. The van der Waals surface area contributed by atoms with Crippen LogP contribution in [-0.4, -0.2) is 31.6 Å². The van der Waals surface area contributed by atoms with E-state index in [4.69, 9.17) is 0 Å². The molecule has 0 aliphatic carbocycles. The van der Waals surface area contributed by atoms with Crippen molar-refractivity contribution in [3.8, 4) is 0 Å². The zero-order valence-electron chi connectivity index (χ0n) is 8.03. The maximum Gasteiger partial charge on any atom is 0.338 e. The smallest absolute Gasteiger partial charge is 0.309 e. The lowest BCUT2D eigenvalue weighted by molar-refractivity contribution is -0.127. The summed E-state index contributed by atoms with van der Waals surface area (Å²) in [7, 11) is -3.66. The highest BCUT2D eigenvalue weighted by Gasteiger charge is 2.31. The van der Waals surface area contributed by atoms with E-state index in [2.05, 4.69) is 9.05 Å². The molecule has 0 aliphatic rings. The van der Waals surface area contributed by atoms with Gasteiger partial charge < -0.3 is 9.05 Å². The standard InChI is InChI=1S/C7H13F2O4P/c1-3-12-14(11,13-4-2)5-6(10)7(8)9/h7H,3-5H2,1-2H3. The molecule has 0 aromatic carbocycles. The second-order valence-electron chi connectivity index (χ2n) is 2.37. The molecule has 7 heteroatoms. The van der Waals surface area contributed by atoms with Gasteiger partial charge in [0.05, 0.1) is 13.2 Å². The number of rotatable bonds is 7. The molecule has 0 radical (unpaired) electrons. The van der Waals surface area contributed by atoms with Gasteiger partial charge in [0.25, 0.3) is 6.43 Å². The highest BCUT2D eigenvalue weighted by atomic mass is 31.2. The molecular weight excluding hydrogens is 217 g/mol. The fraction of sp³-hybridized carbons (Fsp3) is 0.857. The molecule has 0 amide bonds. The van der Waals surface area contributed by atoms with Gasteiger partial charge in [-0.3, -0.25) is 9.36 Å². The molecule has 0 fully saturated rings. The van der Waals surface area contributed by atoms with Crippen molar-refractivity contribution in [1.29, 1.82) is 0 Å². The van der Waals surface area contributed by atoms with Crippen molar-refractivity contribution in [1.82, 2.24) is 0 Å². The Hall–Kier alpha value is -0.320. The van der Waals surface area contributed by atoms with E-state index in [1.165, 1.54) is 0 Å². The van der Waals surface area contributed by atoms with Gasteiger partial charge in [-0.05, 0) is 13.8 Å². The summed E-state index contributed by atoms with van der Waals surface area (Å²) in [5.74, 6) is -1.42. The molecule has 0 saturated heterocycles. The average Bonchev–Trinajstić information content (AvgIpc) is 2.04. The van der Waals surface area contributed by atoms with Crippen LogP contribution in [0, 0.1) is 0 Å². The SMILES string of the molecule is CCOP(=O)(CC(=O)C(F)F)OCC. The van der Waals surface area contributed by atoms with Crippen molar-refractivity contribution >= 4 is 13.4 Å². The Morgan fingerprint density at radius 1 is 1.29 bits per heavy atom. The predicted molar refractivity (Wildman–Crippen MR) is 46.7 cm³/mol. The number of halogens is 2. The van der Waals surface area contributed by atoms with Crippen LogP contribution in [0.2, 0.25) is 0 Å². The van der Waals surface area contributed by atoms with Crippen LogP contribution in [0.5, 0.6) is 0 Å². The number of Topliss-reactive ketones (excluding diaryl/α,β-unsaturated/α-hetero) is 1. The summed E-state index contributed by atoms with van der Waals surface area (Å²) < 4.78 is 44.6. The maximum atomic E-state index is 11.9. The highest BCUT2D eigenvalue weighted by Crippen LogP contribution is 2.48. The van der Waals surface area contributed by atoms with E-state index in [-0.39, 0.29) is 13.2 Å². The first-order chi connectivity index (χ1) is 6.45. The quantitative estimate of drug-likeness (QED) is 0.628. The van der Waals surface area contributed by atoms with E-state index in [1.54, 1.807) is 13.8 Å². The molecule has 0 saturated carbocycles. The van der Waals surface area contributed by atoms with Crippen LogP contribution in [0.3, 0.4) is 0 Å². The average molecular weight is 230 g/mol. The molecule has 0 heterocycles. The van der Waals surface area contributed by atoms with Gasteiger partial charge in [0.15, 0.2) is 0 Å². The summed E-state index contributed by atoms with van der Waals surface area (Å²) in [4.78, 5) is 10.6. The molecule has 0 N–H and O–H groups in total. The Bertz CT molecular complexity index is 222. The van der Waals surface area contributed by atoms with Gasteiger partial charge in [0, 0.05) is 0 Å². The first-order valence-corrected chi connectivity index (χ1v) is 5.87. The molecular formula is C7H13F2O4P. The second-order valence-corrected chi connectivity index (χ2v) is 4.43. The fourth-order valence-corrected chi connectivity index (χ4v) is 2.35. The molecule has 0 rings (SSSR count). The second kappa shape index (κ2) is 6.22. The van der Waals surface area contributed by atoms with Gasteiger partial charge in [-0.15, -0.1) is 0 Å². The summed E-state index contributed by atoms with van der Waals surface area (Å²) in [6.45, 7) is 3.18. The number of alkyl halides is 2. The summed E-state index contributed by atoms with van der Waals surface area (Å²) in [5.41, 5.74) is 0. The third-order valence-corrected chi connectivity index (χ3v) is 3.25. The van der Waals surface area contributed by atoms with E-state index in [0.29, 0.717) is 0 Å². The minimum atomic E-state index is -3.66. The zero-order valence-corrected chi connectivity index (χ0v) is 8.93. The largest absolute Gasteiger partial charge is 0.338 e. The van der Waals surface area contributed by atoms with Crippen molar-refractivity contribution in [2.45, 2.75) is 20.3 Å². The van der Waals surface area contributed by atoms with Gasteiger partial charge in [-0.1, -0.05) is 0 Å². The number of carbonyl (C=O) groups excluding carboxylic acids is 1. The Morgan fingerprint density at radius 2 is 1.71 bits per heavy atom. The summed E-state index contributed by atoms with van der Waals surface area (Å²) in [6, 6.07) is 0. The Labute approximate surface area is 81.1 Å². The van der Waals surface area contributed by atoms with Gasteiger partial charge in [0.2, 0.25) is 5.78 Å². The van der Waals surface area contributed by atoms with Gasteiger partial charge in [0.1, 0.15) is 6.16 Å². The topological polar surface area (TPSA) is 52.6 Å². The molecule has 14 heavy (non-hydrogen) atoms. The minimum absolute atomic E-state index is 0.0494. The Kier molecular flexibility index (Phi) is 6.08. The fourth-order valence-electron chi connectivity index (χ4n) is 0.782. The number of hydrogen-bond donors (Lipinski definition) is 0. The molecule has 4 nitrogen and oxygen atoms in total. The van der Waals surface area contributed by atoms with Gasteiger partial charge in [-0.25, -0.2) is 8.78 Å². The van der Waals surface area contributed by atoms with Crippen LogP contribution in [0.15, 0.2) is 0 Å². The Balaban J connectivity index is 4.36. The molecule has 0 bridgehead atoms. The number of ketones is 1. The lowest BCUT2D eigenvalue weighted by Crippen LogP contribution is -2.17. The minimum Gasteiger partial charge on any atom is -0.309 e. The molecule has 0 unspecified atom stereocenters. The van der Waals surface area contributed by atoms with Gasteiger partial charge in [-0.2, -0.15) is 0 Å². The van der Waals surface area contributed by atoms with Crippen molar-refractivity contribution in [3.63, 3.8) is 0 Å². The van der Waals surface area contributed by atoms with Crippen molar-refractivity contribution in [2.24, 2.45) is 0 Å². The number of hydrogen-bond acceptors (Lipinski definition) is 4. The summed E-state index contributed by atoms with van der Waals surface area (Å²) in [6.07, 6.45) is -4.00. The maximum absolute atomic E-state index is 11.9. The predicted octanol–water partition coefficient (Wildman–Crippen LogP) is 2.09. The van der Waals surface area contributed by atoms with Gasteiger partial charge >= 0.3 is 7.60 Å². The lowest BCUT2D eigenvalue weighted by Gasteiger charge is -2.15. The van der Waals surface area contributed by atoms with E-state index < -0.39 is 26.0 Å². The third-order valence-electron chi connectivity index (χ3n) is 1.24. The first-order valence-electron chi connectivity index (χ1n) is 4.14. The van der Waals surface area contributed by atoms with Crippen molar-refractivity contribution in [3.05, 3.63) is 0 Å². The molecule has 0 atom stereocenters. The van der Waals surface area contributed by atoms with Crippen molar-refractivity contribution in [2.75, 3.05) is 19.4 Å². The van der Waals surface area contributed by atoms with Crippen LogP contribution in [0.4, 0.5) is 8.78 Å². The molecule has 0 spiro atoms. The van der Waals surface area contributed by atoms with Crippen LogP contribution in [0.25, 0.3) is 0 Å². The van der Waals surface area contributed by atoms with E-state index in [0.717, 1.165) is 0 Å². The van der Waals surface area contributed by atoms with E-state index >= 15 is 0 Å². The normalized spacial score (nSPS) is 12.1. The van der Waals surface area contributed by atoms with E-state index in [9.17, 15) is 18.1 Å². The lowest BCUT2D eigenvalue weighted by atomic mass is 10.5. The Morgan fingerprint density at radius 3 is 2.00 bits per heavy atom. The molecule has 0 aromatic heterocycles. The van der Waals surface area contributed by atoms with Crippen molar-refractivity contribution < 1.29 is 27.2 Å². The highest BCUT2D eigenvalue weighted by molar-refractivity contribution is 7.54. The van der Waals surface area contributed by atoms with Crippen LogP contribution in [0.1, 0.15) is 13.8 Å². The number of carbonyl (C=O) groups is 1. The van der Waals surface area contributed by atoms with Crippen LogP contribution >= 0.6 is 7.60 Å².